The van der Waals surface area contributed by atoms with Gasteiger partial charge in [-0.2, -0.15) is 5.26 Å². The first-order valence-electron chi connectivity index (χ1n) is 11.4. The smallest absolute Gasteiger partial charge is 0.250 e. The molecule has 3 fully saturated rings. The highest BCUT2D eigenvalue weighted by Gasteiger charge is 2.47. The zero-order valence-corrected chi connectivity index (χ0v) is 18.8. The van der Waals surface area contributed by atoms with E-state index in [1.165, 1.54) is 7.11 Å². The molecule has 0 aromatic carbocycles. The molecular formula is C24H25F2N5O3. The third-order valence-corrected chi connectivity index (χ3v) is 7.20. The van der Waals surface area contributed by atoms with Crippen LogP contribution >= 0.6 is 0 Å². The van der Waals surface area contributed by atoms with E-state index in [1.807, 2.05) is 6.07 Å². The molecule has 34 heavy (non-hydrogen) atoms. The molecule has 178 valence electrons. The molecule has 2 bridgehead atoms. The molecule has 4 heterocycles. The van der Waals surface area contributed by atoms with Gasteiger partial charge in [-0.05, 0) is 44.2 Å². The first kappa shape index (κ1) is 22.5. The molecular weight excluding hydrogens is 444 g/mol. The minimum atomic E-state index is -1.19. The molecule has 2 aromatic heterocycles. The van der Waals surface area contributed by atoms with Crippen molar-refractivity contribution in [1.29, 1.82) is 5.26 Å². The fraction of sp³-hybridized carbons (Fsp3) is 0.500. The number of methoxy groups -OCH3 is 1. The van der Waals surface area contributed by atoms with Crippen molar-refractivity contribution in [2.45, 2.75) is 49.8 Å². The van der Waals surface area contributed by atoms with Gasteiger partial charge in [0, 0.05) is 31.4 Å². The second-order valence-electron chi connectivity index (χ2n) is 9.05. The van der Waals surface area contributed by atoms with Gasteiger partial charge >= 0.3 is 0 Å². The van der Waals surface area contributed by atoms with Crippen molar-refractivity contribution in [3.63, 3.8) is 0 Å². The zero-order chi connectivity index (χ0) is 23.9. The molecule has 3 aliphatic rings. The average Bonchev–Trinajstić information content (AvgIpc) is 3.08. The van der Waals surface area contributed by atoms with Crippen LogP contribution in [-0.4, -0.2) is 59.7 Å². The van der Waals surface area contributed by atoms with Crippen molar-refractivity contribution in [3.05, 3.63) is 47.3 Å². The highest BCUT2D eigenvalue weighted by Crippen LogP contribution is 2.47. The van der Waals surface area contributed by atoms with Crippen LogP contribution in [0.5, 0.6) is 5.88 Å². The lowest BCUT2D eigenvalue weighted by Crippen LogP contribution is -2.56. The Morgan fingerprint density at radius 2 is 1.94 bits per heavy atom. The van der Waals surface area contributed by atoms with Crippen molar-refractivity contribution in [1.82, 2.24) is 14.9 Å². The number of piperazine rings is 1. The molecule has 0 N–H and O–H groups in total. The molecule has 2 unspecified atom stereocenters. The Hall–Kier alpha value is -3.32. The third kappa shape index (κ3) is 3.74. The number of ether oxygens (including phenoxy) is 2. The van der Waals surface area contributed by atoms with E-state index in [9.17, 15) is 13.6 Å². The van der Waals surface area contributed by atoms with Gasteiger partial charge in [0.15, 0.2) is 11.6 Å². The summed E-state index contributed by atoms with van der Waals surface area (Å²) in [5, 5.41) is 9.00. The average molecular weight is 469 g/mol. The number of carbonyl (C=O) groups is 1. The lowest BCUT2D eigenvalue weighted by atomic mass is 9.74. The molecule has 2 saturated heterocycles. The molecule has 1 aliphatic carbocycles. The van der Waals surface area contributed by atoms with Crippen LogP contribution in [0.15, 0.2) is 24.5 Å². The summed E-state index contributed by atoms with van der Waals surface area (Å²) in [7, 11) is 1.27. The minimum Gasteiger partial charge on any atom is -0.479 e. The monoisotopic (exact) mass is 469 g/mol. The van der Waals surface area contributed by atoms with Gasteiger partial charge in [0.2, 0.25) is 5.91 Å². The highest BCUT2D eigenvalue weighted by molar-refractivity contribution is 5.78. The Kier molecular flexibility index (Phi) is 5.81. The number of carbonyl (C=O) groups excluding carboxylic acids is 1. The van der Waals surface area contributed by atoms with Gasteiger partial charge < -0.3 is 19.3 Å². The molecule has 0 spiro atoms. The second kappa shape index (κ2) is 8.80. The number of anilines is 1. The molecule has 2 aliphatic heterocycles. The van der Waals surface area contributed by atoms with Crippen LogP contribution in [0.25, 0.3) is 0 Å². The maximum Gasteiger partial charge on any atom is 0.250 e. The number of nitrogens with zero attached hydrogens (tertiary/aromatic N) is 5. The van der Waals surface area contributed by atoms with Crippen LogP contribution in [0.1, 0.15) is 43.2 Å². The quantitative estimate of drug-likeness (QED) is 0.642. The highest BCUT2D eigenvalue weighted by atomic mass is 19.1. The first-order chi connectivity index (χ1) is 16.5. The Morgan fingerprint density at radius 1 is 1.21 bits per heavy atom. The number of amides is 1. The van der Waals surface area contributed by atoms with E-state index < -0.39 is 17.2 Å². The van der Waals surface area contributed by atoms with Gasteiger partial charge in [-0.25, -0.2) is 18.7 Å². The molecule has 1 amide bonds. The summed E-state index contributed by atoms with van der Waals surface area (Å²) in [5.74, 6) is -1.36. The van der Waals surface area contributed by atoms with Crippen LogP contribution in [0.4, 0.5) is 14.6 Å². The summed E-state index contributed by atoms with van der Waals surface area (Å²) in [6.45, 7) is 0.802. The fourth-order valence-corrected chi connectivity index (χ4v) is 5.35. The van der Waals surface area contributed by atoms with E-state index >= 15 is 0 Å². The molecule has 2 atom stereocenters. The normalized spacial score (nSPS) is 22.8. The Labute approximate surface area is 196 Å². The van der Waals surface area contributed by atoms with Gasteiger partial charge in [-0.15, -0.1) is 0 Å². The number of hydrogen-bond donors (Lipinski definition) is 0. The van der Waals surface area contributed by atoms with Crippen molar-refractivity contribution < 1.29 is 23.0 Å². The van der Waals surface area contributed by atoms with Crippen LogP contribution in [0.2, 0.25) is 0 Å². The van der Waals surface area contributed by atoms with Gasteiger partial charge in [-0.1, -0.05) is 0 Å². The lowest BCUT2D eigenvalue weighted by molar-refractivity contribution is -0.155. The summed E-state index contributed by atoms with van der Waals surface area (Å²) < 4.78 is 40.3. The maximum absolute atomic E-state index is 14.9. The molecule has 2 aromatic rings. The largest absolute Gasteiger partial charge is 0.479 e. The number of likely N-dealkylation sites (tertiary alicyclic amines) is 1. The molecule has 8 nitrogen and oxygen atoms in total. The standard InChI is InChI=1S/C24H25F2N5O3/c1-33-23-22(26)21(18(25)11-29-23)24(7-2-8-24)34-14-20(32)30-12-16-4-5-17(13-30)31(16)19-6-3-15(9-27)10-28-19/h3,6,10-11,16-17H,2,4-5,7-8,12-14H2,1H3. The number of aromatic nitrogens is 2. The van der Waals surface area contributed by atoms with Gasteiger partial charge in [0.25, 0.3) is 5.88 Å². The summed E-state index contributed by atoms with van der Waals surface area (Å²) >= 11 is 0. The van der Waals surface area contributed by atoms with E-state index in [-0.39, 0.29) is 36.0 Å². The summed E-state index contributed by atoms with van der Waals surface area (Å²) in [6.07, 6.45) is 5.96. The topological polar surface area (TPSA) is 91.6 Å². The number of fused-ring (bicyclic) bond motifs is 2. The van der Waals surface area contributed by atoms with E-state index in [0.717, 1.165) is 31.3 Å². The Morgan fingerprint density at radius 3 is 2.50 bits per heavy atom. The summed E-state index contributed by atoms with van der Waals surface area (Å²) in [4.78, 5) is 25.1. The predicted octanol–water partition coefficient (Wildman–Crippen LogP) is 2.91. The molecule has 5 rings (SSSR count). The minimum absolute atomic E-state index is 0.125. The number of halogens is 2. The molecule has 0 radical (unpaired) electrons. The zero-order valence-electron chi connectivity index (χ0n) is 18.8. The van der Waals surface area contributed by atoms with Gasteiger partial charge in [0.1, 0.15) is 18.5 Å². The first-order valence-corrected chi connectivity index (χ1v) is 11.4. The third-order valence-electron chi connectivity index (χ3n) is 7.20. The number of pyridine rings is 2. The number of rotatable bonds is 6. The van der Waals surface area contributed by atoms with Crippen LogP contribution in [-0.2, 0) is 15.1 Å². The van der Waals surface area contributed by atoms with Gasteiger partial charge in [0.05, 0.1) is 30.0 Å². The van der Waals surface area contributed by atoms with Crippen molar-refractivity contribution in [2.75, 3.05) is 31.7 Å². The summed E-state index contributed by atoms with van der Waals surface area (Å²) in [6, 6.07) is 5.91. The van der Waals surface area contributed by atoms with Crippen LogP contribution < -0.4 is 9.64 Å². The Balaban J connectivity index is 1.27. The lowest BCUT2D eigenvalue weighted by Gasteiger charge is -2.44. The van der Waals surface area contributed by atoms with Gasteiger partial charge in [-0.3, -0.25) is 4.79 Å². The molecule has 10 heteroatoms. The van der Waals surface area contributed by atoms with E-state index in [4.69, 9.17) is 14.7 Å². The second-order valence-corrected chi connectivity index (χ2v) is 9.05. The van der Waals surface area contributed by atoms with Crippen LogP contribution in [0, 0.1) is 23.0 Å². The fourth-order valence-electron chi connectivity index (χ4n) is 5.35. The predicted molar refractivity (Wildman–Crippen MR) is 117 cm³/mol. The van der Waals surface area contributed by atoms with Crippen molar-refractivity contribution >= 4 is 11.7 Å². The van der Waals surface area contributed by atoms with E-state index in [1.54, 1.807) is 17.2 Å². The van der Waals surface area contributed by atoms with Crippen molar-refractivity contribution in [2.24, 2.45) is 0 Å². The van der Waals surface area contributed by atoms with Crippen molar-refractivity contribution in [3.8, 4) is 11.9 Å². The molecule has 1 saturated carbocycles. The maximum atomic E-state index is 14.9. The number of nitriles is 1. The van der Waals surface area contributed by atoms with E-state index in [0.29, 0.717) is 31.5 Å². The van der Waals surface area contributed by atoms with Crippen LogP contribution in [0.3, 0.4) is 0 Å². The SMILES string of the molecule is COc1ncc(F)c(C2(OCC(=O)N3CC4CCC(C3)N4c3ccc(C#N)cn3)CCC2)c1F. The summed E-state index contributed by atoms with van der Waals surface area (Å²) in [5.41, 5.74) is -0.894. The van der Waals surface area contributed by atoms with E-state index in [2.05, 4.69) is 20.9 Å². The number of hydrogen-bond acceptors (Lipinski definition) is 7. The Bertz CT molecular complexity index is 1120.